The first-order chi connectivity index (χ1) is 13.6. The van der Waals surface area contributed by atoms with Crippen molar-refractivity contribution in [3.05, 3.63) is 68.4 Å². The van der Waals surface area contributed by atoms with Gasteiger partial charge in [0.05, 0.1) is 16.3 Å². The van der Waals surface area contributed by atoms with Crippen molar-refractivity contribution in [1.29, 1.82) is 0 Å². The molecule has 5 rings (SSSR count). The van der Waals surface area contributed by atoms with Gasteiger partial charge in [0.15, 0.2) is 0 Å². The molecule has 0 saturated carbocycles. The summed E-state index contributed by atoms with van der Waals surface area (Å²) in [5.41, 5.74) is 11.3. The molecule has 4 aromatic rings. The predicted octanol–water partition coefficient (Wildman–Crippen LogP) is 6.37. The van der Waals surface area contributed by atoms with Crippen molar-refractivity contribution in [2.24, 2.45) is 0 Å². The lowest BCUT2D eigenvalue weighted by Crippen LogP contribution is -2.07. The third kappa shape index (κ3) is 2.85. The molecule has 0 spiro atoms. The van der Waals surface area contributed by atoms with Crippen LogP contribution in [0.1, 0.15) is 39.2 Å². The van der Waals surface area contributed by atoms with Crippen LogP contribution in [-0.2, 0) is 12.8 Å². The van der Waals surface area contributed by atoms with Crippen molar-refractivity contribution >= 4 is 56.0 Å². The summed E-state index contributed by atoms with van der Waals surface area (Å²) in [4.78, 5) is 20.7. The molecule has 3 heterocycles. The molecule has 0 unspecified atom stereocenters. The number of aromatic nitrogens is 1. The molecule has 0 radical (unpaired) electrons. The number of nitrogens with two attached hydrogens (primary N) is 1. The highest BCUT2D eigenvalue weighted by Gasteiger charge is 2.26. The average molecular weight is 425 g/mol. The number of aryl methyl sites for hydroxylation is 1. The van der Waals surface area contributed by atoms with Gasteiger partial charge in [-0.15, -0.1) is 22.7 Å². The number of nitrogens with zero attached hydrogens (tertiary/aromatic N) is 1. The lowest BCUT2D eigenvalue weighted by Gasteiger charge is -2.19. The van der Waals surface area contributed by atoms with Gasteiger partial charge in [0, 0.05) is 16.0 Å². The van der Waals surface area contributed by atoms with E-state index < -0.39 is 0 Å². The second kappa shape index (κ2) is 6.99. The number of nitrogen functional groups attached to an aromatic ring is 1. The van der Waals surface area contributed by atoms with E-state index in [0.29, 0.717) is 21.2 Å². The Labute approximate surface area is 175 Å². The maximum atomic E-state index is 13.1. The molecule has 6 heteroatoms. The topological polar surface area (TPSA) is 56.0 Å². The highest BCUT2D eigenvalue weighted by molar-refractivity contribution is 7.21. The quantitative estimate of drug-likeness (QED) is 0.388. The minimum atomic E-state index is -0.0700. The Kier molecular flexibility index (Phi) is 4.46. The molecule has 1 aliphatic rings. The zero-order valence-corrected chi connectivity index (χ0v) is 17.4. The second-order valence-corrected chi connectivity index (χ2v) is 9.35. The number of benzene rings is 1. The highest BCUT2D eigenvalue weighted by atomic mass is 35.5. The number of carbonyl (C=O) groups excluding carboxylic acids is 1. The molecule has 1 aliphatic carbocycles. The Morgan fingerprint density at radius 3 is 2.54 bits per heavy atom. The summed E-state index contributed by atoms with van der Waals surface area (Å²) < 4.78 is 0. The fourth-order valence-corrected chi connectivity index (χ4v) is 5.89. The van der Waals surface area contributed by atoms with E-state index in [1.54, 1.807) is 35.6 Å². The third-order valence-corrected chi connectivity index (χ3v) is 7.49. The summed E-state index contributed by atoms with van der Waals surface area (Å²) in [5.74, 6) is -0.0700. The van der Waals surface area contributed by atoms with Crippen LogP contribution in [0.15, 0.2) is 41.8 Å². The minimum Gasteiger partial charge on any atom is -0.397 e. The van der Waals surface area contributed by atoms with E-state index in [-0.39, 0.29) is 5.78 Å². The molecule has 2 N–H and O–H groups in total. The summed E-state index contributed by atoms with van der Waals surface area (Å²) in [6, 6.07) is 11.1. The van der Waals surface area contributed by atoms with Gasteiger partial charge < -0.3 is 5.73 Å². The van der Waals surface area contributed by atoms with Crippen LogP contribution in [0.2, 0.25) is 5.02 Å². The Morgan fingerprint density at radius 1 is 1.07 bits per heavy atom. The number of hydrogen-bond donors (Lipinski definition) is 1. The molecule has 0 aliphatic heterocycles. The molecule has 1 aromatic carbocycles. The van der Waals surface area contributed by atoms with Gasteiger partial charge in [-0.05, 0) is 72.5 Å². The molecule has 0 amide bonds. The van der Waals surface area contributed by atoms with Crippen molar-refractivity contribution in [2.45, 2.75) is 25.7 Å². The van der Waals surface area contributed by atoms with E-state index in [1.165, 1.54) is 33.8 Å². The van der Waals surface area contributed by atoms with E-state index in [1.807, 2.05) is 0 Å². The minimum absolute atomic E-state index is 0.0700. The van der Waals surface area contributed by atoms with Gasteiger partial charge in [-0.3, -0.25) is 4.79 Å². The first kappa shape index (κ1) is 17.9. The molecule has 3 aromatic heterocycles. The largest absolute Gasteiger partial charge is 0.397 e. The van der Waals surface area contributed by atoms with E-state index in [4.69, 9.17) is 22.3 Å². The summed E-state index contributed by atoms with van der Waals surface area (Å²) in [6.07, 6.45) is 4.31. The van der Waals surface area contributed by atoms with Crippen molar-refractivity contribution in [2.75, 3.05) is 5.73 Å². The van der Waals surface area contributed by atoms with Crippen LogP contribution in [0.4, 0.5) is 5.69 Å². The lowest BCUT2D eigenvalue weighted by molar-refractivity contribution is 0.104. The molecule has 28 heavy (non-hydrogen) atoms. The van der Waals surface area contributed by atoms with Crippen LogP contribution in [0.5, 0.6) is 0 Å². The average Bonchev–Trinajstić information content (AvgIpc) is 3.36. The summed E-state index contributed by atoms with van der Waals surface area (Å²) in [5, 5.41) is 3.67. The number of carbonyl (C=O) groups is 1. The number of anilines is 1. The first-order valence-corrected chi connectivity index (χ1v) is 11.3. The zero-order valence-electron chi connectivity index (χ0n) is 15.0. The SMILES string of the molecule is Nc1c(C(=O)c2ccc(Cl)cc2)sc2nc(-c3cccs3)c3c(c12)CCCC3. The fourth-order valence-electron chi connectivity index (χ4n) is 3.93. The molecule has 3 nitrogen and oxygen atoms in total. The van der Waals surface area contributed by atoms with E-state index in [9.17, 15) is 4.79 Å². The van der Waals surface area contributed by atoms with Crippen LogP contribution >= 0.6 is 34.3 Å². The maximum absolute atomic E-state index is 13.1. The van der Waals surface area contributed by atoms with Gasteiger partial charge >= 0.3 is 0 Å². The van der Waals surface area contributed by atoms with Gasteiger partial charge in [-0.25, -0.2) is 4.98 Å². The number of halogens is 1. The first-order valence-electron chi connectivity index (χ1n) is 9.21. The Balaban J connectivity index is 1.72. The summed E-state index contributed by atoms with van der Waals surface area (Å²) in [7, 11) is 0. The van der Waals surface area contributed by atoms with Gasteiger partial charge in [0.2, 0.25) is 5.78 Å². The molecule has 0 saturated heterocycles. The highest BCUT2D eigenvalue weighted by Crippen LogP contribution is 2.43. The van der Waals surface area contributed by atoms with E-state index >= 15 is 0 Å². The summed E-state index contributed by atoms with van der Waals surface area (Å²) >= 11 is 9.07. The number of hydrogen-bond acceptors (Lipinski definition) is 5. The molecule has 140 valence electrons. The lowest BCUT2D eigenvalue weighted by atomic mass is 9.88. The molecule has 0 atom stereocenters. The van der Waals surface area contributed by atoms with Crippen molar-refractivity contribution < 1.29 is 4.79 Å². The van der Waals surface area contributed by atoms with Crippen molar-refractivity contribution in [3.8, 4) is 10.6 Å². The summed E-state index contributed by atoms with van der Waals surface area (Å²) in [6.45, 7) is 0. The number of ketones is 1. The van der Waals surface area contributed by atoms with Gasteiger partial charge in [-0.2, -0.15) is 0 Å². The van der Waals surface area contributed by atoms with Crippen molar-refractivity contribution in [1.82, 2.24) is 4.98 Å². The van der Waals surface area contributed by atoms with E-state index in [0.717, 1.165) is 35.2 Å². The molecular weight excluding hydrogens is 408 g/mol. The van der Waals surface area contributed by atoms with E-state index in [2.05, 4.69) is 17.5 Å². The number of rotatable bonds is 3. The second-order valence-electron chi connectivity index (χ2n) is 6.96. The monoisotopic (exact) mass is 424 g/mol. The Morgan fingerprint density at radius 2 is 1.82 bits per heavy atom. The van der Waals surface area contributed by atoms with Crippen LogP contribution in [0, 0.1) is 0 Å². The normalized spacial score (nSPS) is 13.6. The Bertz CT molecular complexity index is 1190. The maximum Gasteiger partial charge on any atom is 0.205 e. The molecular formula is C22H17ClN2OS2. The number of thiophene rings is 2. The van der Waals surface area contributed by atoms with Crippen LogP contribution in [0.25, 0.3) is 20.8 Å². The van der Waals surface area contributed by atoms with Gasteiger partial charge in [0.25, 0.3) is 0 Å². The zero-order chi connectivity index (χ0) is 19.3. The molecule has 0 bridgehead atoms. The van der Waals surface area contributed by atoms with Crippen LogP contribution in [0.3, 0.4) is 0 Å². The molecule has 0 fully saturated rings. The predicted molar refractivity (Wildman–Crippen MR) is 119 cm³/mol. The Hall–Kier alpha value is -2.21. The standard InChI is InChI=1S/C22H17ClN2OS2/c23-13-9-7-12(8-10-13)20(26)21-18(24)17-14-4-1-2-5-15(14)19(25-22(17)28-21)16-6-3-11-27-16/h3,6-11H,1-2,4-5,24H2. The van der Waals surface area contributed by atoms with Crippen molar-refractivity contribution in [3.63, 3.8) is 0 Å². The van der Waals surface area contributed by atoms with Crippen LogP contribution < -0.4 is 5.73 Å². The number of fused-ring (bicyclic) bond motifs is 3. The number of pyridine rings is 1. The van der Waals surface area contributed by atoms with Gasteiger partial charge in [0.1, 0.15) is 9.71 Å². The third-order valence-electron chi connectivity index (χ3n) is 5.26. The van der Waals surface area contributed by atoms with Crippen LogP contribution in [-0.4, -0.2) is 10.8 Å². The van der Waals surface area contributed by atoms with Gasteiger partial charge in [-0.1, -0.05) is 17.7 Å². The fraction of sp³-hybridized carbons (Fsp3) is 0.182. The smallest absolute Gasteiger partial charge is 0.205 e.